The Hall–Kier alpha value is -2.93. The smallest absolute Gasteiger partial charge is 0.341 e. The van der Waals surface area contributed by atoms with Crippen LogP contribution in [0.3, 0.4) is 0 Å². The number of esters is 1. The molecule has 0 spiro atoms. The number of hydrogen-bond donors (Lipinski definition) is 1. The number of nitrogens with one attached hydrogen (secondary N) is 1. The molecule has 1 aromatic carbocycles. The van der Waals surface area contributed by atoms with E-state index in [0.717, 1.165) is 21.5 Å². The fraction of sp³-hybridized carbons (Fsp3) is 0.167. The van der Waals surface area contributed by atoms with Gasteiger partial charge in [0.15, 0.2) is 6.10 Å². The van der Waals surface area contributed by atoms with Crippen LogP contribution in [-0.2, 0) is 4.74 Å². The molecule has 3 aromatic heterocycles. The van der Waals surface area contributed by atoms with E-state index in [0.29, 0.717) is 11.5 Å². The Morgan fingerprint density at radius 2 is 2.08 bits per heavy atom. The summed E-state index contributed by atoms with van der Waals surface area (Å²) in [6, 6.07) is 11.4. The van der Waals surface area contributed by atoms with Crippen molar-refractivity contribution in [3.8, 4) is 10.8 Å². The monoisotopic (exact) mass is 353 g/mol. The maximum atomic E-state index is 12.6. The van der Waals surface area contributed by atoms with Crippen molar-refractivity contribution in [2.24, 2.45) is 0 Å². The van der Waals surface area contributed by atoms with E-state index in [1.54, 1.807) is 6.92 Å². The van der Waals surface area contributed by atoms with Gasteiger partial charge < -0.3 is 14.1 Å². The molecular formula is C18H15N3O3S. The van der Waals surface area contributed by atoms with Gasteiger partial charge in [-0.25, -0.2) is 4.79 Å². The Kier molecular flexibility index (Phi) is 3.85. The van der Waals surface area contributed by atoms with E-state index in [4.69, 9.17) is 9.15 Å². The number of aromatic nitrogens is 3. The molecule has 1 unspecified atom stereocenters. The molecule has 4 aromatic rings. The lowest BCUT2D eigenvalue weighted by Gasteiger charge is -2.09. The minimum Gasteiger partial charge on any atom is -0.449 e. The number of hydrogen-bond acceptors (Lipinski definition) is 6. The van der Waals surface area contributed by atoms with Gasteiger partial charge in [0.25, 0.3) is 11.8 Å². The predicted molar refractivity (Wildman–Crippen MR) is 94.5 cm³/mol. The second kappa shape index (κ2) is 6.18. The number of H-pyrrole nitrogens is 1. The van der Waals surface area contributed by atoms with Crippen molar-refractivity contribution in [3.63, 3.8) is 0 Å². The minimum absolute atomic E-state index is 0.272. The Bertz CT molecular complexity index is 1030. The number of nitrogens with zero attached hydrogens (tertiary/aromatic N) is 2. The SMILES string of the molecule is Cc1[nH]c2ccccc2c1C(=O)OC(C)c1nnc(-c2cccs2)o1. The van der Waals surface area contributed by atoms with Gasteiger partial charge in [0.05, 0.1) is 10.4 Å². The Labute approximate surface area is 147 Å². The van der Waals surface area contributed by atoms with Crippen molar-refractivity contribution >= 4 is 28.2 Å². The summed E-state index contributed by atoms with van der Waals surface area (Å²) >= 11 is 1.51. The molecule has 0 aliphatic rings. The van der Waals surface area contributed by atoms with Gasteiger partial charge in [0, 0.05) is 16.6 Å². The number of benzene rings is 1. The summed E-state index contributed by atoms with van der Waals surface area (Å²) in [6.07, 6.45) is -0.637. The molecule has 0 aliphatic carbocycles. The van der Waals surface area contributed by atoms with Crippen molar-refractivity contribution in [2.45, 2.75) is 20.0 Å². The van der Waals surface area contributed by atoms with Crippen LogP contribution < -0.4 is 0 Å². The van der Waals surface area contributed by atoms with Gasteiger partial charge in [-0.05, 0) is 31.4 Å². The number of para-hydroxylation sites is 1. The maximum absolute atomic E-state index is 12.6. The number of carbonyl (C=O) groups is 1. The molecule has 0 bridgehead atoms. The molecule has 6 nitrogen and oxygen atoms in total. The van der Waals surface area contributed by atoms with Crippen LogP contribution in [0.25, 0.3) is 21.7 Å². The standard InChI is InChI=1S/C18H15N3O3S/c1-10-15(12-6-3-4-7-13(12)19-10)18(22)23-11(2)16-20-21-17(24-16)14-8-5-9-25-14/h3-9,11,19H,1-2H3. The van der Waals surface area contributed by atoms with Crippen LogP contribution in [-0.4, -0.2) is 21.2 Å². The van der Waals surface area contributed by atoms with E-state index in [1.165, 1.54) is 11.3 Å². The zero-order valence-corrected chi connectivity index (χ0v) is 14.5. The third kappa shape index (κ3) is 2.83. The summed E-state index contributed by atoms with van der Waals surface area (Å²) in [5.41, 5.74) is 2.20. The minimum atomic E-state index is -0.637. The number of thiophene rings is 1. The number of aromatic amines is 1. The fourth-order valence-corrected chi connectivity index (χ4v) is 3.35. The average Bonchev–Trinajstić information content (AvgIpc) is 3.32. The molecule has 0 aliphatic heterocycles. The topological polar surface area (TPSA) is 81.0 Å². The first kappa shape index (κ1) is 15.6. The molecule has 0 saturated heterocycles. The van der Waals surface area contributed by atoms with E-state index < -0.39 is 12.1 Å². The lowest BCUT2D eigenvalue weighted by Crippen LogP contribution is -2.10. The molecule has 25 heavy (non-hydrogen) atoms. The lowest BCUT2D eigenvalue weighted by atomic mass is 10.1. The highest BCUT2D eigenvalue weighted by atomic mass is 32.1. The average molecular weight is 353 g/mol. The van der Waals surface area contributed by atoms with E-state index in [1.807, 2.05) is 48.7 Å². The van der Waals surface area contributed by atoms with Gasteiger partial charge in [0.2, 0.25) is 0 Å². The van der Waals surface area contributed by atoms with E-state index in [9.17, 15) is 4.79 Å². The van der Waals surface area contributed by atoms with Crippen LogP contribution in [0.1, 0.15) is 35.0 Å². The lowest BCUT2D eigenvalue weighted by molar-refractivity contribution is 0.0281. The van der Waals surface area contributed by atoms with Gasteiger partial charge in [-0.15, -0.1) is 21.5 Å². The molecule has 1 N–H and O–H groups in total. The van der Waals surface area contributed by atoms with Gasteiger partial charge in [-0.3, -0.25) is 0 Å². The van der Waals surface area contributed by atoms with Crippen LogP contribution in [0.4, 0.5) is 0 Å². The molecule has 4 rings (SSSR count). The first-order chi connectivity index (χ1) is 12.1. The molecule has 1 atom stereocenters. The van der Waals surface area contributed by atoms with Crippen LogP contribution in [0, 0.1) is 6.92 Å². The summed E-state index contributed by atoms with van der Waals surface area (Å²) in [7, 11) is 0. The summed E-state index contributed by atoms with van der Waals surface area (Å²) in [5, 5.41) is 10.8. The van der Waals surface area contributed by atoms with E-state index >= 15 is 0 Å². The second-order valence-corrected chi connectivity index (χ2v) is 6.59. The first-order valence-electron chi connectivity index (χ1n) is 7.79. The highest BCUT2D eigenvalue weighted by Crippen LogP contribution is 2.28. The number of fused-ring (bicyclic) bond motifs is 1. The molecule has 7 heteroatoms. The Morgan fingerprint density at radius 1 is 1.24 bits per heavy atom. The van der Waals surface area contributed by atoms with Gasteiger partial charge in [0.1, 0.15) is 0 Å². The quantitative estimate of drug-likeness (QED) is 0.546. The number of rotatable bonds is 4. The summed E-state index contributed by atoms with van der Waals surface area (Å²) in [6.45, 7) is 3.57. The Balaban J connectivity index is 1.57. The van der Waals surface area contributed by atoms with Crippen molar-refractivity contribution < 1.29 is 13.9 Å². The largest absolute Gasteiger partial charge is 0.449 e. The van der Waals surface area contributed by atoms with Gasteiger partial charge in [-0.1, -0.05) is 24.3 Å². The van der Waals surface area contributed by atoms with E-state index in [-0.39, 0.29) is 5.89 Å². The zero-order chi connectivity index (χ0) is 17.4. The maximum Gasteiger partial charge on any atom is 0.341 e. The molecule has 0 fully saturated rings. The van der Waals surface area contributed by atoms with Crippen LogP contribution in [0.5, 0.6) is 0 Å². The molecular weight excluding hydrogens is 338 g/mol. The van der Waals surface area contributed by atoms with Crippen molar-refractivity contribution in [2.75, 3.05) is 0 Å². The van der Waals surface area contributed by atoms with Crippen LogP contribution >= 0.6 is 11.3 Å². The number of carbonyl (C=O) groups excluding carboxylic acids is 1. The molecule has 0 radical (unpaired) electrons. The number of aryl methyl sites for hydroxylation is 1. The van der Waals surface area contributed by atoms with Crippen molar-refractivity contribution in [1.29, 1.82) is 0 Å². The second-order valence-electron chi connectivity index (χ2n) is 5.64. The highest BCUT2D eigenvalue weighted by molar-refractivity contribution is 7.13. The van der Waals surface area contributed by atoms with Crippen molar-refractivity contribution in [1.82, 2.24) is 15.2 Å². The molecule has 3 heterocycles. The third-order valence-corrected chi connectivity index (χ3v) is 4.76. The number of ether oxygens (including phenoxy) is 1. The predicted octanol–water partition coefficient (Wildman–Crippen LogP) is 4.51. The Morgan fingerprint density at radius 3 is 2.88 bits per heavy atom. The normalized spacial score (nSPS) is 12.4. The van der Waals surface area contributed by atoms with Gasteiger partial charge >= 0.3 is 5.97 Å². The van der Waals surface area contributed by atoms with Gasteiger partial charge in [-0.2, -0.15) is 0 Å². The zero-order valence-electron chi connectivity index (χ0n) is 13.6. The third-order valence-electron chi connectivity index (χ3n) is 3.90. The molecule has 0 amide bonds. The highest BCUT2D eigenvalue weighted by Gasteiger charge is 2.23. The fourth-order valence-electron chi connectivity index (χ4n) is 2.71. The van der Waals surface area contributed by atoms with Crippen LogP contribution in [0.2, 0.25) is 0 Å². The summed E-state index contributed by atoms with van der Waals surface area (Å²) < 4.78 is 11.2. The first-order valence-corrected chi connectivity index (χ1v) is 8.67. The molecule has 126 valence electrons. The van der Waals surface area contributed by atoms with E-state index in [2.05, 4.69) is 15.2 Å². The molecule has 0 saturated carbocycles. The summed E-state index contributed by atoms with van der Waals surface area (Å²) in [4.78, 5) is 16.7. The van der Waals surface area contributed by atoms with Crippen molar-refractivity contribution in [3.05, 3.63) is 58.9 Å². The summed E-state index contributed by atoms with van der Waals surface area (Å²) in [5.74, 6) is 0.281. The van der Waals surface area contributed by atoms with Crippen LogP contribution in [0.15, 0.2) is 46.2 Å².